The van der Waals surface area contributed by atoms with Crippen LogP contribution in [0.2, 0.25) is 0 Å². The van der Waals surface area contributed by atoms with Crippen LogP contribution in [-0.2, 0) is 6.42 Å². The summed E-state index contributed by atoms with van der Waals surface area (Å²) < 4.78 is 14.7. The molecular weight excluding hydrogens is 247 g/mol. The van der Waals surface area contributed by atoms with Gasteiger partial charge in [-0.25, -0.2) is 9.07 Å². The first kappa shape index (κ1) is 13.3. The molecule has 2 rings (SSSR count). The second kappa shape index (κ2) is 4.84. The maximum Gasteiger partial charge on any atom is 0.268 e. The first-order chi connectivity index (χ1) is 8.90. The summed E-state index contributed by atoms with van der Waals surface area (Å²) in [5.74, 6) is -0.548. The molecule has 0 aliphatic rings. The quantitative estimate of drug-likeness (QED) is 0.901. The molecule has 0 aliphatic heterocycles. The third kappa shape index (κ3) is 2.50. The molecule has 1 heterocycles. The van der Waals surface area contributed by atoms with Gasteiger partial charge < -0.3 is 0 Å². The van der Waals surface area contributed by atoms with Gasteiger partial charge in [-0.1, -0.05) is 12.1 Å². The van der Waals surface area contributed by atoms with E-state index >= 15 is 0 Å². The average molecular weight is 262 g/mol. The third-order valence-electron chi connectivity index (χ3n) is 3.19. The number of nitrogens with one attached hydrogen (secondary N) is 1. The smallest absolute Gasteiger partial charge is 0.268 e. The molecule has 2 aromatic rings. The van der Waals surface area contributed by atoms with Gasteiger partial charge in [-0.3, -0.25) is 14.7 Å². The van der Waals surface area contributed by atoms with Crippen LogP contribution in [0.15, 0.2) is 23.0 Å². The van der Waals surface area contributed by atoms with Crippen molar-refractivity contribution in [3.8, 4) is 0 Å². The largest absolute Gasteiger partial charge is 0.273 e. The van der Waals surface area contributed by atoms with Crippen molar-refractivity contribution in [2.45, 2.75) is 27.2 Å². The first-order valence-electron chi connectivity index (χ1n) is 5.96. The van der Waals surface area contributed by atoms with Crippen molar-refractivity contribution in [3.05, 3.63) is 56.8 Å². The van der Waals surface area contributed by atoms with Gasteiger partial charge in [0.05, 0.1) is 0 Å². The summed E-state index contributed by atoms with van der Waals surface area (Å²) in [5.41, 5.74) is 2.01. The number of benzene rings is 1. The van der Waals surface area contributed by atoms with Crippen LogP contribution in [0, 0.1) is 19.7 Å². The van der Waals surface area contributed by atoms with Gasteiger partial charge >= 0.3 is 0 Å². The van der Waals surface area contributed by atoms with Gasteiger partial charge in [0.15, 0.2) is 0 Å². The molecule has 0 unspecified atom stereocenters. The lowest BCUT2D eigenvalue weighted by Gasteiger charge is -2.03. The normalized spacial score (nSPS) is 10.7. The van der Waals surface area contributed by atoms with Crippen LogP contribution in [0.25, 0.3) is 0 Å². The Hall–Kier alpha value is -2.17. The number of hydrogen-bond donors (Lipinski definition) is 1. The van der Waals surface area contributed by atoms with Gasteiger partial charge in [-0.15, -0.1) is 0 Å². The minimum absolute atomic E-state index is 0.254. The number of carbonyl (C=O) groups is 1. The minimum Gasteiger partial charge on any atom is -0.273 e. The number of rotatable bonds is 2. The summed E-state index contributed by atoms with van der Waals surface area (Å²) in [7, 11) is 0. The second-order valence-corrected chi connectivity index (χ2v) is 4.62. The number of carbonyl (C=O) groups excluding carboxylic acids is 1. The Kier molecular flexibility index (Phi) is 3.38. The van der Waals surface area contributed by atoms with E-state index in [2.05, 4.69) is 5.10 Å². The van der Waals surface area contributed by atoms with E-state index in [1.165, 1.54) is 17.7 Å². The van der Waals surface area contributed by atoms with Crippen LogP contribution in [0.3, 0.4) is 0 Å². The van der Waals surface area contributed by atoms with Gasteiger partial charge in [-0.05, 0) is 31.0 Å². The monoisotopic (exact) mass is 262 g/mol. The highest BCUT2D eigenvalue weighted by molar-refractivity contribution is 5.76. The molecule has 1 aromatic heterocycles. The van der Waals surface area contributed by atoms with Crippen LogP contribution in [-0.4, -0.2) is 15.7 Å². The molecule has 0 amide bonds. The summed E-state index contributed by atoms with van der Waals surface area (Å²) in [4.78, 5) is 23.1. The molecule has 0 spiro atoms. The zero-order valence-corrected chi connectivity index (χ0v) is 11.1. The molecule has 19 heavy (non-hydrogen) atoms. The van der Waals surface area contributed by atoms with E-state index in [-0.39, 0.29) is 17.3 Å². The van der Waals surface area contributed by atoms with Crippen molar-refractivity contribution in [1.82, 2.24) is 9.78 Å². The Balaban J connectivity index is 2.41. The molecule has 0 fully saturated rings. The molecule has 4 nitrogen and oxygen atoms in total. The van der Waals surface area contributed by atoms with E-state index < -0.39 is 0 Å². The Morgan fingerprint density at radius 1 is 1.37 bits per heavy atom. The SMILES string of the molecule is CC(=O)n1[nH]c(=O)c(Cc2ccc(C)c(F)c2)c1C. The Labute approximate surface area is 109 Å². The molecule has 1 aromatic carbocycles. The maximum atomic E-state index is 13.5. The Bertz CT molecular complexity index is 698. The van der Waals surface area contributed by atoms with Crippen molar-refractivity contribution < 1.29 is 9.18 Å². The van der Waals surface area contributed by atoms with Gasteiger partial charge in [-0.2, -0.15) is 0 Å². The first-order valence-corrected chi connectivity index (χ1v) is 5.96. The fourth-order valence-electron chi connectivity index (χ4n) is 2.03. The number of aryl methyl sites for hydroxylation is 1. The molecule has 0 atom stereocenters. The molecule has 0 radical (unpaired) electrons. The predicted octanol–water partition coefficient (Wildman–Crippen LogP) is 2.18. The highest BCUT2D eigenvalue weighted by Gasteiger charge is 2.14. The van der Waals surface area contributed by atoms with E-state index in [0.717, 1.165) is 0 Å². The summed E-state index contributed by atoms with van der Waals surface area (Å²) >= 11 is 0. The summed E-state index contributed by atoms with van der Waals surface area (Å²) in [6.45, 7) is 4.75. The molecule has 0 saturated heterocycles. The molecule has 1 N–H and O–H groups in total. The van der Waals surface area contributed by atoms with Crippen LogP contribution in [0.5, 0.6) is 0 Å². The number of hydrogen-bond acceptors (Lipinski definition) is 2. The van der Waals surface area contributed by atoms with Crippen molar-refractivity contribution in [1.29, 1.82) is 0 Å². The Morgan fingerprint density at radius 3 is 2.58 bits per heavy atom. The molecule has 0 bridgehead atoms. The lowest BCUT2D eigenvalue weighted by atomic mass is 10.0. The summed E-state index contributed by atoms with van der Waals surface area (Å²) in [5, 5.41) is 2.48. The summed E-state index contributed by atoms with van der Waals surface area (Å²) in [6.07, 6.45) is 0.304. The number of halogens is 1. The van der Waals surface area contributed by atoms with Crippen molar-refractivity contribution in [2.75, 3.05) is 0 Å². The molecule has 0 aliphatic carbocycles. The topological polar surface area (TPSA) is 54.9 Å². The highest BCUT2D eigenvalue weighted by Crippen LogP contribution is 2.14. The second-order valence-electron chi connectivity index (χ2n) is 4.62. The van der Waals surface area contributed by atoms with Crippen molar-refractivity contribution in [2.24, 2.45) is 0 Å². The van der Waals surface area contributed by atoms with Crippen molar-refractivity contribution in [3.63, 3.8) is 0 Å². The molecule has 5 heteroatoms. The predicted molar refractivity (Wildman–Crippen MR) is 70.0 cm³/mol. The Morgan fingerprint density at radius 2 is 2.05 bits per heavy atom. The van der Waals surface area contributed by atoms with Gasteiger partial charge in [0.2, 0.25) is 5.91 Å². The number of nitrogens with zero attached hydrogens (tertiary/aromatic N) is 1. The lowest BCUT2D eigenvalue weighted by molar-refractivity contribution is 0.0918. The number of H-pyrrole nitrogens is 1. The fraction of sp³-hybridized carbons (Fsp3) is 0.286. The van der Waals surface area contributed by atoms with Gasteiger partial charge in [0.1, 0.15) is 5.82 Å². The van der Waals surface area contributed by atoms with Crippen molar-refractivity contribution >= 4 is 5.91 Å². The molecule has 0 saturated carbocycles. The lowest BCUT2D eigenvalue weighted by Crippen LogP contribution is -2.12. The highest BCUT2D eigenvalue weighted by atomic mass is 19.1. The summed E-state index contributed by atoms with van der Waals surface area (Å²) in [6, 6.07) is 4.87. The van der Waals surface area contributed by atoms with Crippen LogP contribution in [0.4, 0.5) is 4.39 Å². The van der Waals surface area contributed by atoms with E-state index in [0.29, 0.717) is 28.8 Å². The van der Waals surface area contributed by atoms with Crippen LogP contribution >= 0.6 is 0 Å². The fourth-order valence-corrected chi connectivity index (χ4v) is 2.03. The number of aromatic amines is 1. The zero-order chi connectivity index (χ0) is 14.2. The van der Waals surface area contributed by atoms with Crippen LogP contribution < -0.4 is 5.56 Å². The zero-order valence-electron chi connectivity index (χ0n) is 11.1. The van der Waals surface area contributed by atoms with Gasteiger partial charge in [0, 0.05) is 24.6 Å². The minimum atomic E-state index is -0.311. The van der Waals surface area contributed by atoms with E-state index in [4.69, 9.17) is 0 Å². The van der Waals surface area contributed by atoms with E-state index in [1.807, 2.05) is 0 Å². The standard InChI is InChI=1S/C14H15FN2O2/c1-8-4-5-11(7-13(8)15)6-12-9(2)17(10(3)18)16-14(12)19/h4-5,7H,6H2,1-3H3,(H,16,19). The molecule has 100 valence electrons. The maximum absolute atomic E-state index is 13.5. The molecular formula is C14H15FN2O2. The van der Waals surface area contributed by atoms with E-state index in [9.17, 15) is 14.0 Å². The van der Waals surface area contributed by atoms with Gasteiger partial charge in [0.25, 0.3) is 5.56 Å². The van der Waals surface area contributed by atoms with E-state index in [1.54, 1.807) is 26.0 Å². The van der Waals surface area contributed by atoms with Crippen LogP contribution in [0.1, 0.15) is 34.1 Å². The number of aromatic nitrogens is 2. The third-order valence-corrected chi connectivity index (χ3v) is 3.19. The average Bonchev–Trinajstić information content (AvgIpc) is 2.62.